The lowest BCUT2D eigenvalue weighted by atomic mass is 9.92. The van der Waals surface area contributed by atoms with Crippen molar-refractivity contribution in [1.29, 1.82) is 0 Å². The molecule has 0 bridgehead atoms. The fraction of sp³-hybridized carbons (Fsp3) is 0.222. The average Bonchev–Trinajstić information content (AvgIpc) is 2.57. The van der Waals surface area contributed by atoms with Gasteiger partial charge in [-0.3, -0.25) is 9.78 Å². The lowest BCUT2D eigenvalue weighted by molar-refractivity contribution is -0.137. The Morgan fingerprint density at radius 1 is 0.962 bits per heavy atom. The molecule has 0 unspecified atom stereocenters. The van der Waals surface area contributed by atoms with Gasteiger partial charge in [0.2, 0.25) is 0 Å². The van der Waals surface area contributed by atoms with E-state index < -0.39 is 28.8 Å². The predicted octanol–water partition coefficient (Wildman–Crippen LogP) is 4.38. The smallest absolute Gasteiger partial charge is 0.307 e. The van der Waals surface area contributed by atoms with E-state index in [4.69, 9.17) is 0 Å². The standard InChI is InChI=1S/C16H10F4N2O2.C2H6/c1-7-12(8-2-4-9(17)5-3-8)11(16(18,19)20)6-10-13(7)21-15(24)22-14(10)23;1-2/h2-6H,1H3,(H2,21,22,23,24);1-2H3. The second kappa shape index (κ2) is 7.15. The van der Waals surface area contributed by atoms with Crippen LogP contribution in [0.3, 0.4) is 0 Å². The van der Waals surface area contributed by atoms with Gasteiger partial charge in [-0.1, -0.05) is 26.0 Å². The van der Waals surface area contributed by atoms with Crippen molar-refractivity contribution < 1.29 is 17.6 Å². The van der Waals surface area contributed by atoms with Crippen molar-refractivity contribution in [3.8, 4) is 11.1 Å². The summed E-state index contributed by atoms with van der Waals surface area (Å²) in [4.78, 5) is 27.5. The zero-order valence-corrected chi connectivity index (χ0v) is 14.2. The van der Waals surface area contributed by atoms with Gasteiger partial charge in [0.25, 0.3) is 5.56 Å². The van der Waals surface area contributed by atoms with E-state index in [1.165, 1.54) is 19.1 Å². The molecule has 3 aromatic rings. The molecule has 0 atom stereocenters. The molecule has 1 heterocycles. The highest BCUT2D eigenvalue weighted by molar-refractivity contribution is 5.90. The van der Waals surface area contributed by atoms with Crippen LogP contribution >= 0.6 is 0 Å². The van der Waals surface area contributed by atoms with Crippen LogP contribution in [0.15, 0.2) is 39.9 Å². The minimum absolute atomic E-state index is 0.0103. The van der Waals surface area contributed by atoms with E-state index in [9.17, 15) is 27.2 Å². The molecule has 2 N–H and O–H groups in total. The minimum Gasteiger partial charge on any atom is -0.307 e. The van der Waals surface area contributed by atoms with Crippen LogP contribution in [-0.4, -0.2) is 9.97 Å². The minimum atomic E-state index is -4.73. The third-order valence-electron chi connectivity index (χ3n) is 3.73. The van der Waals surface area contributed by atoms with Crippen molar-refractivity contribution in [3.05, 3.63) is 68.1 Å². The number of fused-ring (bicyclic) bond motifs is 1. The van der Waals surface area contributed by atoms with Gasteiger partial charge in [-0.2, -0.15) is 13.2 Å². The highest BCUT2D eigenvalue weighted by Crippen LogP contribution is 2.40. The number of hydrogen-bond acceptors (Lipinski definition) is 2. The first-order chi connectivity index (χ1) is 12.2. The summed E-state index contributed by atoms with van der Waals surface area (Å²) in [6, 6.07) is 5.20. The highest BCUT2D eigenvalue weighted by Gasteiger charge is 2.35. The zero-order valence-electron chi connectivity index (χ0n) is 14.2. The molecule has 26 heavy (non-hydrogen) atoms. The van der Waals surface area contributed by atoms with Gasteiger partial charge in [-0.15, -0.1) is 0 Å². The van der Waals surface area contributed by atoms with Gasteiger partial charge in [-0.25, -0.2) is 9.18 Å². The van der Waals surface area contributed by atoms with Crippen molar-refractivity contribution >= 4 is 10.9 Å². The lowest BCUT2D eigenvalue weighted by Crippen LogP contribution is -2.23. The van der Waals surface area contributed by atoms with Crippen LogP contribution in [0.1, 0.15) is 25.0 Å². The van der Waals surface area contributed by atoms with E-state index in [-0.39, 0.29) is 27.6 Å². The fourth-order valence-corrected chi connectivity index (χ4v) is 2.69. The van der Waals surface area contributed by atoms with Crippen molar-refractivity contribution in [1.82, 2.24) is 9.97 Å². The Labute approximate surface area is 145 Å². The van der Waals surface area contributed by atoms with Gasteiger partial charge < -0.3 is 4.98 Å². The molecular weight excluding hydrogens is 352 g/mol. The Bertz CT molecular complexity index is 1050. The summed E-state index contributed by atoms with van der Waals surface area (Å²) in [5.41, 5.74) is -2.75. The quantitative estimate of drug-likeness (QED) is 0.626. The Balaban J connectivity index is 0.00000117. The second-order valence-electron chi connectivity index (χ2n) is 5.26. The first-order valence-corrected chi connectivity index (χ1v) is 7.81. The maximum Gasteiger partial charge on any atom is 0.417 e. The first kappa shape index (κ1) is 19.4. The maximum atomic E-state index is 13.5. The van der Waals surface area contributed by atoms with E-state index in [1.54, 1.807) is 0 Å². The van der Waals surface area contributed by atoms with Crippen LogP contribution in [0.2, 0.25) is 0 Å². The van der Waals surface area contributed by atoms with Crippen molar-refractivity contribution in [2.75, 3.05) is 0 Å². The summed E-state index contributed by atoms with van der Waals surface area (Å²) in [7, 11) is 0. The average molecular weight is 368 g/mol. The number of aryl methyl sites for hydroxylation is 1. The zero-order chi connectivity index (χ0) is 19.6. The van der Waals surface area contributed by atoms with Crippen LogP contribution in [0.4, 0.5) is 17.6 Å². The number of halogens is 4. The van der Waals surface area contributed by atoms with Crippen molar-refractivity contribution in [2.45, 2.75) is 26.9 Å². The number of nitrogens with one attached hydrogen (secondary N) is 2. The first-order valence-electron chi connectivity index (χ1n) is 7.81. The van der Waals surface area contributed by atoms with Gasteiger partial charge >= 0.3 is 11.9 Å². The van der Waals surface area contributed by atoms with Gasteiger partial charge in [0.05, 0.1) is 16.5 Å². The third-order valence-corrected chi connectivity index (χ3v) is 3.73. The molecule has 0 spiro atoms. The lowest BCUT2D eigenvalue weighted by Gasteiger charge is -2.17. The molecule has 0 saturated carbocycles. The van der Waals surface area contributed by atoms with E-state index in [0.29, 0.717) is 6.07 Å². The molecule has 0 aliphatic carbocycles. The topological polar surface area (TPSA) is 65.7 Å². The number of aromatic amines is 2. The molecule has 4 nitrogen and oxygen atoms in total. The Morgan fingerprint density at radius 2 is 1.54 bits per heavy atom. The Morgan fingerprint density at radius 3 is 2.08 bits per heavy atom. The molecule has 0 aliphatic heterocycles. The molecule has 0 fully saturated rings. The molecule has 0 saturated heterocycles. The molecule has 0 aliphatic rings. The SMILES string of the molecule is CC.Cc1c(-c2ccc(F)cc2)c(C(F)(F)F)cc2c(=O)[nH]c(=O)[nH]c12. The van der Waals surface area contributed by atoms with Crippen LogP contribution in [0, 0.1) is 12.7 Å². The largest absolute Gasteiger partial charge is 0.417 e. The summed E-state index contributed by atoms with van der Waals surface area (Å²) in [6.45, 7) is 5.37. The van der Waals surface area contributed by atoms with Crippen LogP contribution in [-0.2, 0) is 6.18 Å². The van der Waals surface area contributed by atoms with Crippen LogP contribution in [0.5, 0.6) is 0 Å². The number of rotatable bonds is 1. The molecule has 1 aromatic heterocycles. The maximum absolute atomic E-state index is 13.5. The predicted molar refractivity (Wildman–Crippen MR) is 91.7 cm³/mol. The molecule has 8 heteroatoms. The molecule has 0 amide bonds. The van der Waals surface area contributed by atoms with Crippen LogP contribution < -0.4 is 11.2 Å². The fourth-order valence-electron chi connectivity index (χ4n) is 2.69. The Kier molecular flexibility index (Phi) is 5.34. The summed E-state index contributed by atoms with van der Waals surface area (Å²) in [5.74, 6) is -0.587. The normalized spacial score (nSPS) is 11.2. The molecule has 0 radical (unpaired) electrons. The molecule has 3 rings (SSSR count). The summed E-state index contributed by atoms with van der Waals surface area (Å²) < 4.78 is 53.5. The Hall–Kier alpha value is -2.90. The van der Waals surface area contributed by atoms with Gasteiger partial charge in [0, 0.05) is 0 Å². The third kappa shape index (κ3) is 3.54. The number of alkyl halides is 3. The van der Waals surface area contributed by atoms with E-state index in [1.807, 2.05) is 18.8 Å². The van der Waals surface area contributed by atoms with E-state index >= 15 is 0 Å². The van der Waals surface area contributed by atoms with E-state index in [2.05, 4.69) is 4.98 Å². The number of H-pyrrole nitrogens is 2. The molecule has 2 aromatic carbocycles. The monoisotopic (exact) mass is 368 g/mol. The number of aromatic nitrogens is 2. The van der Waals surface area contributed by atoms with Crippen LogP contribution in [0.25, 0.3) is 22.0 Å². The van der Waals surface area contributed by atoms with Gasteiger partial charge in [0.1, 0.15) is 5.82 Å². The van der Waals surface area contributed by atoms with Crippen molar-refractivity contribution in [3.63, 3.8) is 0 Å². The molecule has 138 valence electrons. The number of hydrogen-bond donors (Lipinski definition) is 2. The van der Waals surface area contributed by atoms with Gasteiger partial charge in [-0.05, 0) is 41.8 Å². The summed E-state index contributed by atoms with van der Waals surface area (Å²) >= 11 is 0. The van der Waals surface area contributed by atoms with Gasteiger partial charge in [0.15, 0.2) is 0 Å². The second-order valence-corrected chi connectivity index (χ2v) is 5.26. The van der Waals surface area contributed by atoms with E-state index in [0.717, 1.165) is 12.1 Å². The highest BCUT2D eigenvalue weighted by atomic mass is 19.4. The number of benzene rings is 2. The van der Waals surface area contributed by atoms with Crippen molar-refractivity contribution in [2.24, 2.45) is 0 Å². The summed E-state index contributed by atoms with van der Waals surface area (Å²) in [5, 5.41) is -0.273. The molecular formula is C18H16F4N2O2. The summed E-state index contributed by atoms with van der Waals surface area (Å²) in [6.07, 6.45) is -4.73.